The summed E-state index contributed by atoms with van der Waals surface area (Å²) in [6.45, 7) is 1.41. The molecule has 29 heavy (non-hydrogen) atoms. The highest BCUT2D eigenvalue weighted by Crippen LogP contribution is 2.23. The molecule has 2 aromatic heterocycles. The molecule has 4 rings (SSSR count). The number of piperidine rings is 1. The Morgan fingerprint density at radius 2 is 2.17 bits per heavy atom. The molecule has 1 aliphatic heterocycles. The number of benzene rings is 1. The summed E-state index contributed by atoms with van der Waals surface area (Å²) in [6, 6.07) is 10.9. The average molecular weight is 393 g/mol. The van der Waals surface area contributed by atoms with Gasteiger partial charge in [-0.25, -0.2) is 4.79 Å². The van der Waals surface area contributed by atoms with Crippen molar-refractivity contribution in [2.45, 2.75) is 19.3 Å². The van der Waals surface area contributed by atoms with E-state index in [1.807, 2.05) is 41.3 Å². The van der Waals surface area contributed by atoms with Gasteiger partial charge in [-0.05, 0) is 55.2 Å². The van der Waals surface area contributed by atoms with Crippen LogP contribution in [0.3, 0.4) is 0 Å². The summed E-state index contributed by atoms with van der Waals surface area (Å²) < 4.78 is 10.5. The van der Waals surface area contributed by atoms with Crippen molar-refractivity contribution in [1.82, 2.24) is 20.0 Å². The first-order valence-corrected chi connectivity index (χ1v) is 9.64. The third-order valence-electron chi connectivity index (χ3n) is 5.00. The van der Waals surface area contributed by atoms with Crippen molar-refractivity contribution in [3.63, 3.8) is 0 Å². The highest BCUT2D eigenvalue weighted by atomic mass is 16.5. The Morgan fingerprint density at radius 1 is 1.31 bits per heavy atom. The highest BCUT2D eigenvalue weighted by molar-refractivity contribution is 5.89. The first-order chi connectivity index (χ1) is 14.2. The van der Waals surface area contributed by atoms with Crippen LogP contribution in [0.5, 0.6) is 5.75 Å². The maximum absolute atomic E-state index is 12.6. The molecule has 3 heterocycles. The molecule has 1 saturated heterocycles. The van der Waals surface area contributed by atoms with Gasteiger partial charge in [0.05, 0.1) is 12.7 Å². The summed E-state index contributed by atoms with van der Waals surface area (Å²) in [4.78, 5) is 23.0. The number of pyridine rings is 1. The molecule has 0 saturated carbocycles. The molecule has 2 amide bonds. The van der Waals surface area contributed by atoms with E-state index in [-0.39, 0.29) is 6.03 Å². The number of methoxy groups -OCH3 is 1. The van der Waals surface area contributed by atoms with E-state index in [0.717, 1.165) is 36.4 Å². The quantitative estimate of drug-likeness (QED) is 0.711. The molecule has 1 aliphatic rings. The van der Waals surface area contributed by atoms with E-state index < -0.39 is 0 Å². The van der Waals surface area contributed by atoms with Gasteiger partial charge in [0.25, 0.3) is 5.89 Å². The summed E-state index contributed by atoms with van der Waals surface area (Å²) in [5.74, 6) is 2.18. The molecule has 1 N–H and O–H groups in total. The van der Waals surface area contributed by atoms with Crippen LogP contribution < -0.4 is 10.1 Å². The maximum Gasteiger partial charge on any atom is 0.321 e. The van der Waals surface area contributed by atoms with Crippen molar-refractivity contribution in [1.29, 1.82) is 0 Å². The van der Waals surface area contributed by atoms with E-state index in [0.29, 0.717) is 30.6 Å². The van der Waals surface area contributed by atoms with Gasteiger partial charge in [0.1, 0.15) is 5.75 Å². The molecule has 1 atom stereocenters. The zero-order valence-electron chi connectivity index (χ0n) is 16.2. The fourth-order valence-electron chi connectivity index (χ4n) is 3.49. The minimum absolute atomic E-state index is 0.0935. The van der Waals surface area contributed by atoms with Gasteiger partial charge in [0.15, 0.2) is 5.82 Å². The van der Waals surface area contributed by atoms with E-state index in [2.05, 4.69) is 20.4 Å². The van der Waals surface area contributed by atoms with E-state index in [1.165, 1.54) is 0 Å². The van der Waals surface area contributed by atoms with E-state index >= 15 is 0 Å². The van der Waals surface area contributed by atoms with Crippen LogP contribution in [0.25, 0.3) is 11.5 Å². The van der Waals surface area contributed by atoms with Gasteiger partial charge < -0.3 is 19.5 Å². The fourth-order valence-corrected chi connectivity index (χ4v) is 3.49. The van der Waals surface area contributed by atoms with Crippen molar-refractivity contribution in [2.24, 2.45) is 5.92 Å². The first-order valence-electron chi connectivity index (χ1n) is 9.64. The molecule has 1 fully saturated rings. The number of hydrogen-bond donors (Lipinski definition) is 1. The lowest BCUT2D eigenvalue weighted by atomic mass is 9.95. The van der Waals surface area contributed by atoms with Crippen molar-refractivity contribution >= 4 is 11.7 Å². The molecule has 0 bridgehead atoms. The monoisotopic (exact) mass is 393 g/mol. The molecule has 3 aromatic rings. The highest BCUT2D eigenvalue weighted by Gasteiger charge is 2.25. The Kier molecular flexibility index (Phi) is 5.69. The van der Waals surface area contributed by atoms with Crippen LogP contribution in [0.4, 0.5) is 10.5 Å². The Labute approximate surface area is 168 Å². The number of ether oxygens (including phenoxy) is 1. The minimum Gasteiger partial charge on any atom is -0.497 e. The number of carbonyl (C=O) groups is 1. The largest absolute Gasteiger partial charge is 0.497 e. The van der Waals surface area contributed by atoms with Gasteiger partial charge >= 0.3 is 6.03 Å². The van der Waals surface area contributed by atoms with Crippen LogP contribution in [0.15, 0.2) is 53.3 Å². The lowest BCUT2D eigenvalue weighted by Gasteiger charge is -2.32. The van der Waals surface area contributed by atoms with Gasteiger partial charge in [-0.1, -0.05) is 5.16 Å². The number of hydrogen-bond acceptors (Lipinski definition) is 6. The van der Waals surface area contributed by atoms with Gasteiger partial charge in [0, 0.05) is 37.6 Å². The summed E-state index contributed by atoms with van der Waals surface area (Å²) in [7, 11) is 1.62. The van der Waals surface area contributed by atoms with Gasteiger partial charge in [-0.15, -0.1) is 0 Å². The molecule has 8 heteroatoms. The molecule has 1 unspecified atom stereocenters. The van der Waals surface area contributed by atoms with Gasteiger partial charge in [0.2, 0.25) is 0 Å². The van der Waals surface area contributed by atoms with Gasteiger partial charge in [-0.2, -0.15) is 4.98 Å². The van der Waals surface area contributed by atoms with Crippen molar-refractivity contribution in [3.8, 4) is 17.2 Å². The number of urea groups is 1. The zero-order valence-corrected chi connectivity index (χ0v) is 16.2. The third-order valence-corrected chi connectivity index (χ3v) is 5.00. The maximum atomic E-state index is 12.6. The summed E-state index contributed by atoms with van der Waals surface area (Å²) in [6.07, 6.45) is 6.06. The number of nitrogens with zero attached hydrogens (tertiary/aromatic N) is 4. The number of nitrogens with one attached hydrogen (secondary N) is 1. The Bertz CT molecular complexity index is 942. The Morgan fingerprint density at radius 3 is 2.93 bits per heavy atom. The third kappa shape index (κ3) is 4.71. The standard InChI is InChI=1S/C21H23N5O3/c1-28-18-8-6-17(7-9-18)23-21(27)26-11-3-4-15(14-26)12-19-24-20(29-25-19)16-5-2-10-22-13-16/h2,5-10,13,15H,3-4,11-12,14H2,1H3,(H,23,27). The van der Waals surface area contributed by atoms with Crippen LogP contribution >= 0.6 is 0 Å². The molecule has 8 nitrogen and oxygen atoms in total. The van der Waals surface area contributed by atoms with E-state index in [1.54, 1.807) is 19.5 Å². The summed E-state index contributed by atoms with van der Waals surface area (Å²) in [5.41, 5.74) is 1.55. The number of rotatable bonds is 5. The topological polar surface area (TPSA) is 93.4 Å². The van der Waals surface area contributed by atoms with Crippen LogP contribution in [0, 0.1) is 5.92 Å². The zero-order chi connectivity index (χ0) is 20.1. The number of anilines is 1. The molecule has 0 radical (unpaired) electrons. The lowest BCUT2D eigenvalue weighted by Crippen LogP contribution is -2.42. The average Bonchev–Trinajstić information content (AvgIpc) is 3.23. The van der Waals surface area contributed by atoms with Gasteiger partial charge in [-0.3, -0.25) is 4.98 Å². The van der Waals surface area contributed by atoms with E-state index in [9.17, 15) is 4.79 Å². The second-order valence-electron chi connectivity index (χ2n) is 7.07. The smallest absolute Gasteiger partial charge is 0.321 e. The van der Waals surface area contributed by atoms with Crippen molar-refractivity contribution in [2.75, 3.05) is 25.5 Å². The molecular weight excluding hydrogens is 370 g/mol. The Hall–Kier alpha value is -3.42. The lowest BCUT2D eigenvalue weighted by molar-refractivity contribution is 0.176. The molecular formula is C21H23N5O3. The van der Waals surface area contributed by atoms with Crippen LogP contribution in [-0.4, -0.2) is 46.3 Å². The number of amides is 2. The molecule has 0 spiro atoms. The first kappa shape index (κ1) is 18.9. The predicted molar refractivity (Wildman–Crippen MR) is 108 cm³/mol. The SMILES string of the molecule is COc1ccc(NC(=O)N2CCCC(Cc3noc(-c4cccnc4)n3)C2)cc1. The van der Waals surface area contributed by atoms with Crippen LogP contribution in [-0.2, 0) is 6.42 Å². The minimum atomic E-state index is -0.0935. The molecule has 0 aliphatic carbocycles. The van der Waals surface area contributed by atoms with Crippen molar-refractivity contribution < 1.29 is 14.1 Å². The predicted octanol–water partition coefficient (Wildman–Crippen LogP) is 3.63. The normalized spacial score (nSPS) is 16.4. The van der Waals surface area contributed by atoms with Crippen molar-refractivity contribution in [3.05, 3.63) is 54.6 Å². The fraction of sp³-hybridized carbons (Fsp3) is 0.333. The number of carbonyl (C=O) groups excluding carboxylic acids is 1. The summed E-state index contributed by atoms with van der Waals surface area (Å²) >= 11 is 0. The van der Waals surface area contributed by atoms with E-state index in [4.69, 9.17) is 9.26 Å². The van der Waals surface area contributed by atoms with Crippen LogP contribution in [0.2, 0.25) is 0 Å². The molecule has 1 aromatic carbocycles. The van der Waals surface area contributed by atoms with Crippen LogP contribution in [0.1, 0.15) is 18.7 Å². The number of likely N-dealkylation sites (tertiary alicyclic amines) is 1. The second kappa shape index (κ2) is 8.72. The number of aromatic nitrogens is 3. The summed E-state index contributed by atoms with van der Waals surface area (Å²) in [5, 5.41) is 7.04. The second-order valence-corrected chi connectivity index (χ2v) is 7.07. The molecule has 150 valence electrons. The Balaban J connectivity index is 1.34.